The third-order valence-electron chi connectivity index (χ3n) is 5.01. The standard InChI is InChI=1S/C17H18F3N3O/c18-17(19,20)15-22-14(13-10-21-8-9-23(13)15)11-2-4-12(5-3-11)16(24)6-1-7-16/h2-5,21,24H,1,6-10H2. The van der Waals surface area contributed by atoms with Crippen LogP contribution in [-0.4, -0.2) is 21.2 Å². The van der Waals surface area contributed by atoms with E-state index < -0.39 is 17.6 Å². The van der Waals surface area contributed by atoms with Gasteiger partial charge in [0.2, 0.25) is 5.82 Å². The van der Waals surface area contributed by atoms with E-state index in [-0.39, 0.29) is 6.54 Å². The van der Waals surface area contributed by atoms with Crippen LogP contribution in [0.2, 0.25) is 0 Å². The van der Waals surface area contributed by atoms with Crippen LogP contribution in [0.15, 0.2) is 24.3 Å². The van der Waals surface area contributed by atoms with Crippen molar-refractivity contribution in [2.45, 2.75) is 44.1 Å². The lowest BCUT2D eigenvalue weighted by atomic mass is 9.75. The van der Waals surface area contributed by atoms with Crippen LogP contribution in [0.3, 0.4) is 0 Å². The smallest absolute Gasteiger partial charge is 0.385 e. The molecule has 0 spiro atoms. The van der Waals surface area contributed by atoms with E-state index in [4.69, 9.17) is 0 Å². The van der Waals surface area contributed by atoms with Crippen molar-refractivity contribution in [1.82, 2.24) is 14.9 Å². The molecule has 1 aromatic carbocycles. The van der Waals surface area contributed by atoms with Gasteiger partial charge in [-0.2, -0.15) is 13.2 Å². The molecule has 0 radical (unpaired) electrons. The molecular formula is C17H18F3N3O. The molecule has 128 valence electrons. The van der Waals surface area contributed by atoms with Crippen molar-refractivity contribution in [2.75, 3.05) is 6.54 Å². The summed E-state index contributed by atoms with van der Waals surface area (Å²) in [5.41, 5.74) is 1.61. The highest BCUT2D eigenvalue weighted by molar-refractivity contribution is 5.63. The molecule has 1 aliphatic carbocycles. The summed E-state index contributed by atoms with van der Waals surface area (Å²) >= 11 is 0. The lowest BCUT2D eigenvalue weighted by molar-refractivity contribution is -0.147. The van der Waals surface area contributed by atoms with E-state index in [1.165, 1.54) is 4.57 Å². The number of aliphatic hydroxyl groups is 1. The molecule has 1 saturated carbocycles. The van der Waals surface area contributed by atoms with E-state index in [0.717, 1.165) is 24.8 Å². The highest BCUT2D eigenvalue weighted by atomic mass is 19.4. The second-order valence-electron chi connectivity index (χ2n) is 6.52. The van der Waals surface area contributed by atoms with Gasteiger partial charge in [0.25, 0.3) is 0 Å². The van der Waals surface area contributed by atoms with Crippen molar-refractivity contribution in [3.05, 3.63) is 41.3 Å². The van der Waals surface area contributed by atoms with Crippen LogP contribution in [0.1, 0.15) is 36.3 Å². The molecule has 2 heterocycles. The van der Waals surface area contributed by atoms with E-state index in [1.807, 2.05) is 0 Å². The highest BCUT2D eigenvalue weighted by Gasteiger charge is 2.40. The summed E-state index contributed by atoms with van der Waals surface area (Å²) in [6, 6.07) is 7.10. The molecule has 4 nitrogen and oxygen atoms in total. The average molecular weight is 337 g/mol. The minimum atomic E-state index is -4.47. The molecule has 24 heavy (non-hydrogen) atoms. The molecule has 0 bridgehead atoms. The van der Waals surface area contributed by atoms with Crippen LogP contribution in [-0.2, 0) is 24.9 Å². The van der Waals surface area contributed by atoms with E-state index in [2.05, 4.69) is 10.3 Å². The summed E-state index contributed by atoms with van der Waals surface area (Å²) in [7, 11) is 0. The zero-order chi connectivity index (χ0) is 16.9. The number of nitrogens with zero attached hydrogens (tertiary/aromatic N) is 2. The number of nitrogens with one attached hydrogen (secondary N) is 1. The Kier molecular flexibility index (Phi) is 3.47. The van der Waals surface area contributed by atoms with E-state index in [0.29, 0.717) is 30.0 Å². The molecular weight excluding hydrogens is 319 g/mol. The van der Waals surface area contributed by atoms with E-state index in [1.54, 1.807) is 24.3 Å². The summed E-state index contributed by atoms with van der Waals surface area (Å²) in [5.74, 6) is -0.837. The van der Waals surface area contributed by atoms with Crippen molar-refractivity contribution in [3.8, 4) is 11.3 Å². The lowest BCUT2D eigenvalue weighted by Gasteiger charge is -2.37. The summed E-state index contributed by atoms with van der Waals surface area (Å²) in [4.78, 5) is 3.89. The number of hydrogen-bond acceptors (Lipinski definition) is 3. The fraction of sp³-hybridized carbons (Fsp3) is 0.471. The van der Waals surface area contributed by atoms with Crippen LogP contribution in [0.4, 0.5) is 13.2 Å². The van der Waals surface area contributed by atoms with Gasteiger partial charge >= 0.3 is 6.18 Å². The predicted molar refractivity (Wildman–Crippen MR) is 82.1 cm³/mol. The minimum absolute atomic E-state index is 0.259. The maximum atomic E-state index is 13.2. The monoisotopic (exact) mass is 337 g/mol. The van der Waals surface area contributed by atoms with Gasteiger partial charge in [-0.05, 0) is 24.8 Å². The quantitative estimate of drug-likeness (QED) is 0.886. The summed E-state index contributed by atoms with van der Waals surface area (Å²) < 4.78 is 41.0. The fourth-order valence-corrected chi connectivity index (χ4v) is 3.49. The van der Waals surface area contributed by atoms with Gasteiger partial charge in [0.05, 0.1) is 17.0 Å². The number of rotatable bonds is 2. The van der Waals surface area contributed by atoms with Gasteiger partial charge in [-0.1, -0.05) is 24.3 Å². The number of alkyl halides is 3. The third kappa shape index (κ3) is 2.43. The van der Waals surface area contributed by atoms with Crippen LogP contribution >= 0.6 is 0 Å². The molecule has 1 fully saturated rings. The average Bonchev–Trinajstić information content (AvgIpc) is 2.93. The minimum Gasteiger partial charge on any atom is -0.385 e. The molecule has 2 aliphatic rings. The Morgan fingerprint density at radius 2 is 1.88 bits per heavy atom. The largest absolute Gasteiger partial charge is 0.449 e. The van der Waals surface area contributed by atoms with E-state index >= 15 is 0 Å². The van der Waals surface area contributed by atoms with Gasteiger partial charge in [-0.3, -0.25) is 0 Å². The molecule has 1 aliphatic heterocycles. The second kappa shape index (κ2) is 5.32. The first-order valence-electron chi connectivity index (χ1n) is 8.09. The molecule has 7 heteroatoms. The summed E-state index contributed by atoms with van der Waals surface area (Å²) in [6.45, 7) is 1.12. The van der Waals surface area contributed by atoms with Crippen molar-refractivity contribution in [1.29, 1.82) is 0 Å². The first-order chi connectivity index (χ1) is 11.4. The second-order valence-corrected chi connectivity index (χ2v) is 6.52. The van der Waals surface area contributed by atoms with Crippen molar-refractivity contribution in [2.24, 2.45) is 0 Å². The molecule has 2 N–H and O–H groups in total. The maximum Gasteiger partial charge on any atom is 0.449 e. The van der Waals surface area contributed by atoms with Crippen molar-refractivity contribution >= 4 is 0 Å². The Morgan fingerprint density at radius 3 is 2.46 bits per heavy atom. The topological polar surface area (TPSA) is 50.1 Å². The number of aromatic nitrogens is 2. The Balaban J connectivity index is 1.75. The Hall–Kier alpha value is -1.86. The van der Waals surface area contributed by atoms with Crippen LogP contribution in [0, 0.1) is 0 Å². The zero-order valence-electron chi connectivity index (χ0n) is 13.0. The van der Waals surface area contributed by atoms with Crippen LogP contribution in [0.5, 0.6) is 0 Å². The Morgan fingerprint density at radius 1 is 1.17 bits per heavy atom. The Bertz CT molecular complexity index is 761. The molecule has 4 rings (SSSR count). The Labute approximate surface area is 137 Å². The number of benzene rings is 1. The van der Waals surface area contributed by atoms with Gasteiger partial charge in [-0.25, -0.2) is 4.98 Å². The van der Waals surface area contributed by atoms with Crippen LogP contribution in [0.25, 0.3) is 11.3 Å². The molecule has 0 amide bonds. The molecule has 0 saturated heterocycles. The predicted octanol–water partition coefficient (Wildman–Crippen LogP) is 3.04. The maximum absolute atomic E-state index is 13.2. The van der Waals surface area contributed by atoms with Gasteiger partial charge in [0, 0.05) is 25.2 Å². The first kappa shape index (κ1) is 15.7. The summed E-state index contributed by atoms with van der Waals surface area (Å²) in [6.07, 6.45) is -2.01. The molecule has 2 aromatic rings. The van der Waals surface area contributed by atoms with Gasteiger partial charge in [0.15, 0.2) is 0 Å². The lowest BCUT2D eigenvalue weighted by Crippen LogP contribution is -2.33. The van der Waals surface area contributed by atoms with Gasteiger partial charge < -0.3 is 15.0 Å². The van der Waals surface area contributed by atoms with Gasteiger partial charge in [-0.15, -0.1) is 0 Å². The van der Waals surface area contributed by atoms with Gasteiger partial charge in [0.1, 0.15) is 0 Å². The SMILES string of the molecule is OC1(c2ccc(-c3nc(C(F)(F)F)n4c3CNCC4)cc2)CCC1. The van der Waals surface area contributed by atoms with Crippen molar-refractivity contribution < 1.29 is 18.3 Å². The number of imidazole rings is 1. The van der Waals surface area contributed by atoms with Crippen molar-refractivity contribution in [3.63, 3.8) is 0 Å². The third-order valence-corrected chi connectivity index (χ3v) is 5.01. The number of halogens is 3. The normalized spacial score (nSPS) is 19.7. The first-order valence-corrected chi connectivity index (χ1v) is 8.09. The molecule has 0 unspecified atom stereocenters. The highest BCUT2D eigenvalue weighted by Crippen LogP contribution is 2.42. The number of fused-ring (bicyclic) bond motifs is 1. The summed E-state index contributed by atoms with van der Waals surface area (Å²) in [5, 5.41) is 13.5. The molecule has 1 aromatic heterocycles. The fourth-order valence-electron chi connectivity index (χ4n) is 3.49. The van der Waals surface area contributed by atoms with E-state index in [9.17, 15) is 18.3 Å². The number of hydrogen-bond donors (Lipinski definition) is 2. The molecule has 0 atom stereocenters. The van der Waals surface area contributed by atoms with Crippen LogP contribution < -0.4 is 5.32 Å². The zero-order valence-corrected chi connectivity index (χ0v) is 13.0.